The maximum absolute atomic E-state index is 6.16. The maximum atomic E-state index is 6.16. The summed E-state index contributed by atoms with van der Waals surface area (Å²) in [4.78, 5) is 3.91. The third-order valence-corrected chi connectivity index (χ3v) is 5.99. The smallest absolute Gasteiger partial charge is 0.162 e. The van der Waals surface area contributed by atoms with Crippen LogP contribution in [0.5, 0.6) is 11.5 Å². The Hall–Kier alpha value is -2.34. The molecule has 0 aliphatic carbocycles. The maximum Gasteiger partial charge on any atom is 0.162 e. The molecule has 2 heterocycles. The number of nitrogens with zero attached hydrogens (tertiary/aromatic N) is 1. The molecule has 0 amide bonds. The fourth-order valence-corrected chi connectivity index (χ4v) is 4.54. The molecule has 146 valence electrons. The van der Waals surface area contributed by atoms with Crippen LogP contribution in [0.25, 0.3) is 0 Å². The molecule has 5 heteroatoms. The van der Waals surface area contributed by atoms with Crippen molar-refractivity contribution in [1.82, 2.24) is 10.2 Å². The van der Waals surface area contributed by atoms with Crippen LogP contribution in [0.1, 0.15) is 22.0 Å². The van der Waals surface area contributed by atoms with Gasteiger partial charge in [-0.25, -0.2) is 0 Å². The molecule has 1 atom stereocenters. The summed E-state index contributed by atoms with van der Waals surface area (Å²) in [5.74, 6) is 1.56. The summed E-state index contributed by atoms with van der Waals surface area (Å²) in [5.41, 5.74) is 2.39. The molecule has 0 unspecified atom stereocenters. The number of hydrogen-bond donors (Lipinski definition) is 1. The van der Waals surface area contributed by atoms with E-state index in [4.69, 9.17) is 9.47 Å². The minimum Gasteiger partial charge on any atom is -0.493 e. The molecule has 1 saturated heterocycles. The average molecular weight is 395 g/mol. The third-order valence-electron chi connectivity index (χ3n) is 5.07. The first-order chi connectivity index (χ1) is 13.8. The minimum atomic E-state index is 0.243. The lowest BCUT2D eigenvalue weighted by Gasteiger charge is -2.35. The molecule has 28 heavy (non-hydrogen) atoms. The van der Waals surface area contributed by atoms with E-state index >= 15 is 0 Å². The Morgan fingerprint density at radius 3 is 2.54 bits per heavy atom. The molecule has 0 radical (unpaired) electrons. The van der Waals surface area contributed by atoms with Crippen molar-refractivity contribution in [2.75, 3.05) is 33.3 Å². The van der Waals surface area contributed by atoms with Gasteiger partial charge in [0, 0.05) is 31.1 Å². The van der Waals surface area contributed by atoms with Crippen LogP contribution < -0.4 is 14.8 Å². The average Bonchev–Trinajstić information content (AvgIpc) is 3.28. The standard InChI is InChI=1S/C23H26N2O2S/c1-26-20-10-9-19(16-21(20)27-17-18-6-3-2-4-7-18)23(22-8-5-15-28-22)25-13-11-24-12-14-25/h2-10,15-16,23-24H,11-14,17H2,1H3/t23-/m0/s1. The molecule has 1 aromatic heterocycles. The van der Waals surface area contributed by atoms with Gasteiger partial charge < -0.3 is 14.8 Å². The van der Waals surface area contributed by atoms with Gasteiger partial charge in [0.25, 0.3) is 0 Å². The summed E-state index contributed by atoms with van der Waals surface area (Å²) >= 11 is 1.81. The molecule has 1 N–H and O–H groups in total. The summed E-state index contributed by atoms with van der Waals surface area (Å²) in [7, 11) is 1.69. The molecular weight excluding hydrogens is 368 g/mol. The number of methoxy groups -OCH3 is 1. The summed E-state index contributed by atoms with van der Waals surface area (Å²) < 4.78 is 11.7. The van der Waals surface area contributed by atoms with E-state index in [-0.39, 0.29) is 6.04 Å². The van der Waals surface area contributed by atoms with E-state index in [1.807, 2.05) is 35.6 Å². The third kappa shape index (κ3) is 4.38. The number of benzene rings is 2. The van der Waals surface area contributed by atoms with Crippen molar-refractivity contribution < 1.29 is 9.47 Å². The molecule has 3 aromatic rings. The number of piperazine rings is 1. The molecule has 2 aromatic carbocycles. The van der Waals surface area contributed by atoms with E-state index < -0.39 is 0 Å². The molecule has 0 saturated carbocycles. The summed E-state index contributed by atoms with van der Waals surface area (Å²) in [5, 5.41) is 5.61. The number of thiophene rings is 1. The first kappa shape index (κ1) is 19.0. The van der Waals surface area contributed by atoms with Gasteiger partial charge in [0.2, 0.25) is 0 Å². The fraction of sp³-hybridized carbons (Fsp3) is 0.304. The zero-order valence-electron chi connectivity index (χ0n) is 16.1. The van der Waals surface area contributed by atoms with Gasteiger partial charge in [0.15, 0.2) is 11.5 Å². The predicted octanol–water partition coefficient (Wildman–Crippen LogP) is 4.33. The van der Waals surface area contributed by atoms with Crippen molar-refractivity contribution in [3.8, 4) is 11.5 Å². The van der Waals surface area contributed by atoms with Crippen molar-refractivity contribution >= 4 is 11.3 Å². The molecule has 1 fully saturated rings. The summed E-state index contributed by atoms with van der Waals surface area (Å²) in [6.45, 7) is 4.65. The van der Waals surface area contributed by atoms with Gasteiger partial charge in [-0.15, -0.1) is 11.3 Å². The molecule has 0 spiro atoms. The molecule has 0 bridgehead atoms. The van der Waals surface area contributed by atoms with E-state index in [1.54, 1.807) is 7.11 Å². The molecular formula is C23H26N2O2S. The second kappa shape index (κ2) is 9.24. The zero-order valence-corrected chi connectivity index (χ0v) is 17.0. The Bertz CT molecular complexity index is 862. The summed E-state index contributed by atoms with van der Waals surface area (Å²) in [6.07, 6.45) is 0. The zero-order chi connectivity index (χ0) is 19.2. The van der Waals surface area contributed by atoms with Gasteiger partial charge in [-0.2, -0.15) is 0 Å². The lowest BCUT2D eigenvalue weighted by Crippen LogP contribution is -2.45. The molecule has 1 aliphatic heterocycles. The van der Waals surface area contributed by atoms with Crippen LogP contribution in [0, 0.1) is 0 Å². The van der Waals surface area contributed by atoms with E-state index in [0.717, 1.165) is 43.2 Å². The van der Waals surface area contributed by atoms with Crippen molar-refractivity contribution in [3.63, 3.8) is 0 Å². The first-order valence-electron chi connectivity index (χ1n) is 9.68. The van der Waals surface area contributed by atoms with Gasteiger partial charge in [0.05, 0.1) is 13.2 Å². The van der Waals surface area contributed by atoms with Crippen LogP contribution >= 0.6 is 11.3 Å². The van der Waals surface area contributed by atoms with E-state index in [2.05, 4.69) is 52.0 Å². The summed E-state index contributed by atoms with van der Waals surface area (Å²) in [6, 6.07) is 21.2. The van der Waals surface area contributed by atoms with Crippen molar-refractivity contribution in [3.05, 3.63) is 82.0 Å². The van der Waals surface area contributed by atoms with E-state index in [9.17, 15) is 0 Å². The van der Waals surface area contributed by atoms with Crippen molar-refractivity contribution in [1.29, 1.82) is 0 Å². The minimum absolute atomic E-state index is 0.243. The highest BCUT2D eigenvalue weighted by atomic mass is 32.1. The molecule has 4 nitrogen and oxygen atoms in total. The first-order valence-corrected chi connectivity index (χ1v) is 10.6. The number of nitrogens with one attached hydrogen (secondary N) is 1. The highest BCUT2D eigenvalue weighted by Gasteiger charge is 2.25. The lowest BCUT2D eigenvalue weighted by molar-refractivity contribution is 0.200. The normalized spacial score (nSPS) is 15.9. The van der Waals surface area contributed by atoms with Crippen LogP contribution in [0.15, 0.2) is 66.0 Å². The fourth-order valence-electron chi connectivity index (χ4n) is 3.65. The van der Waals surface area contributed by atoms with Crippen molar-refractivity contribution in [2.24, 2.45) is 0 Å². The van der Waals surface area contributed by atoms with Crippen LogP contribution in [-0.2, 0) is 6.61 Å². The van der Waals surface area contributed by atoms with Crippen LogP contribution in [-0.4, -0.2) is 38.2 Å². The predicted molar refractivity (Wildman–Crippen MR) is 114 cm³/mol. The van der Waals surface area contributed by atoms with Crippen molar-refractivity contribution in [2.45, 2.75) is 12.6 Å². The van der Waals surface area contributed by atoms with Gasteiger partial charge in [0.1, 0.15) is 6.61 Å². The molecule has 4 rings (SSSR count). The molecule has 1 aliphatic rings. The van der Waals surface area contributed by atoms with Crippen LogP contribution in [0.4, 0.5) is 0 Å². The van der Waals surface area contributed by atoms with Gasteiger partial charge >= 0.3 is 0 Å². The highest BCUT2D eigenvalue weighted by molar-refractivity contribution is 7.10. The Morgan fingerprint density at radius 2 is 1.82 bits per heavy atom. The quantitative estimate of drug-likeness (QED) is 0.647. The monoisotopic (exact) mass is 394 g/mol. The Balaban J connectivity index is 1.63. The number of hydrogen-bond acceptors (Lipinski definition) is 5. The van der Waals surface area contributed by atoms with Gasteiger partial charge in [-0.3, -0.25) is 4.90 Å². The lowest BCUT2D eigenvalue weighted by atomic mass is 10.0. The van der Waals surface area contributed by atoms with Gasteiger partial charge in [-0.05, 0) is 34.7 Å². The number of rotatable bonds is 7. The largest absolute Gasteiger partial charge is 0.493 e. The van der Waals surface area contributed by atoms with Crippen LogP contribution in [0.2, 0.25) is 0 Å². The van der Waals surface area contributed by atoms with Crippen LogP contribution in [0.3, 0.4) is 0 Å². The highest BCUT2D eigenvalue weighted by Crippen LogP contribution is 2.37. The SMILES string of the molecule is COc1ccc([C@@H](c2cccs2)N2CCNCC2)cc1OCc1ccccc1. The Morgan fingerprint density at radius 1 is 1.00 bits per heavy atom. The van der Waals surface area contributed by atoms with E-state index in [1.165, 1.54) is 10.4 Å². The topological polar surface area (TPSA) is 33.7 Å². The Labute approximate surface area is 170 Å². The Kier molecular flexibility index (Phi) is 6.27. The second-order valence-corrected chi connectivity index (χ2v) is 7.87. The second-order valence-electron chi connectivity index (χ2n) is 6.89. The van der Waals surface area contributed by atoms with E-state index in [0.29, 0.717) is 6.61 Å². The number of ether oxygens (including phenoxy) is 2. The van der Waals surface area contributed by atoms with Gasteiger partial charge in [-0.1, -0.05) is 42.5 Å².